The summed E-state index contributed by atoms with van der Waals surface area (Å²) >= 11 is 0. The molecule has 1 aromatic carbocycles. The molecule has 0 saturated carbocycles. The van der Waals surface area contributed by atoms with E-state index in [4.69, 9.17) is 4.74 Å². The van der Waals surface area contributed by atoms with Gasteiger partial charge in [0.05, 0.1) is 7.11 Å². The van der Waals surface area contributed by atoms with Crippen molar-refractivity contribution in [1.82, 2.24) is 19.8 Å². The van der Waals surface area contributed by atoms with E-state index in [1.54, 1.807) is 13.2 Å². The van der Waals surface area contributed by atoms with Crippen molar-refractivity contribution in [3.8, 4) is 5.75 Å². The van der Waals surface area contributed by atoms with E-state index in [2.05, 4.69) is 33.2 Å². The lowest BCUT2D eigenvalue weighted by molar-refractivity contribution is 0.0637. The molecule has 1 saturated heterocycles. The van der Waals surface area contributed by atoms with Crippen LogP contribution < -0.4 is 10.1 Å². The zero-order valence-electron chi connectivity index (χ0n) is 16.9. The Morgan fingerprint density at radius 1 is 1.18 bits per heavy atom. The Morgan fingerprint density at radius 2 is 1.96 bits per heavy atom. The second-order valence-electron chi connectivity index (χ2n) is 6.94. The first kappa shape index (κ1) is 20.1. The van der Waals surface area contributed by atoms with Gasteiger partial charge in [-0.1, -0.05) is 19.1 Å². The van der Waals surface area contributed by atoms with Crippen molar-refractivity contribution in [3.63, 3.8) is 0 Å². The molecular formula is C21H29N5O2. The molecule has 0 atom stereocenters. The fraction of sp³-hybridized carbons (Fsp3) is 0.476. The highest BCUT2D eigenvalue weighted by molar-refractivity contribution is 5.93. The first-order chi connectivity index (χ1) is 13.6. The Labute approximate surface area is 166 Å². The third-order valence-electron chi connectivity index (χ3n) is 5.02. The number of benzene rings is 1. The number of carbonyl (C=O) groups excluding carboxylic acids is 1. The number of hydrogen-bond donors (Lipinski definition) is 1. The van der Waals surface area contributed by atoms with Crippen molar-refractivity contribution in [2.24, 2.45) is 0 Å². The summed E-state index contributed by atoms with van der Waals surface area (Å²) in [6.07, 6.45) is 0.836. The Balaban J connectivity index is 1.60. The second-order valence-corrected chi connectivity index (χ2v) is 6.94. The number of nitrogens with one attached hydrogen (secondary N) is 1. The SMILES string of the molecule is CCN1CCN(C(=O)c2cc(NCCc3cccc(OC)c3)nc(C)n2)CC1. The van der Waals surface area contributed by atoms with Gasteiger partial charge in [0.1, 0.15) is 23.1 Å². The molecule has 1 amide bonds. The van der Waals surface area contributed by atoms with Crippen molar-refractivity contribution in [2.45, 2.75) is 20.3 Å². The number of methoxy groups -OCH3 is 1. The van der Waals surface area contributed by atoms with Crippen LogP contribution in [0.5, 0.6) is 5.75 Å². The van der Waals surface area contributed by atoms with Crippen LogP contribution in [-0.4, -0.2) is 72.1 Å². The minimum atomic E-state index is -0.0166. The van der Waals surface area contributed by atoms with Gasteiger partial charge in [-0.3, -0.25) is 4.79 Å². The maximum Gasteiger partial charge on any atom is 0.272 e. The highest BCUT2D eigenvalue weighted by Gasteiger charge is 2.23. The summed E-state index contributed by atoms with van der Waals surface area (Å²) in [5.41, 5.74) is 1.64. The number of carbonyl (C=O) groups is 1. The van der Waals surface area contributed by atoms with E-state index in [1.807, 2.05) is 30.0 Å². The Kier molecular flexibility index (Phi) is 6.81. The number of rotatable bonds is 7. The van der Waals surface area contributed by atoms with Gasteiger partial charge in [0.15, 0.2) is 0 Å². The molecule has 0 unspecified atom stereocenters. The van der Waals surface area contributed by atoms with E-state index < -0.39 is 0 Å². The number of piperazine rings is 1. The van der Waals surface area contributed by atoms with Crippen molar-refractivity contribution in [1.29, 1.82) is 0 Å². The third-order valence-corrected chi connectivity index (χ3v) is 5.02. The Bertz CT molecular complexity index is 803. The maximum atomic E-state index is 12.8. The highest BCUT2D eigenvalue weighted by Crippen LogP contribution is 2.14. The summed E-state index contributed by atoms with van der Waals surface area (Å²) in [6, 6.07) is 9.77. The fourth-order valence-electron chi connectivity index (χ4n) is 3.36. The van der Waals surface area contributed by atoms with Gasteiger partial charge in [-0.2, -0.15) is 0 Å². The van der Waals surface area contributed by atoms with Crippen LogP contribution in [0.25, 0.3) is 0 Å². The molecule has 1 aromatic heterocycles. The monoisotopic (exact) mass is 383 g/mol. The molecule has 150 valence electrons. The van der Waals surface area contributed by atoms with Crippen LogP contribution in [0.3, 0.4) is 0 Å². The van der Waals surface area contributed by atoms with E-state index in [-0.39, 0.29) is 5.91 Å². The first-order valence-electron chi connectivity index (χ1n) is 9.83. The molecule has 1 aliphatic rings. The highest BCUT2D eigenvalue weighted by atomic mass is 16.5. The molecular weight excluding hydrogens is 354 g/mol. The van der Waals surface area contributed by atoms with E-state index in [0.717, 1.165) is 44.9 Å². The number of nitrogens with zero attached hydrogens (tertiary/aromatic N) is 4. The smallest absolute Gasteiger partial charge is 0.272 e. The molecule has 0 radical (unpaired) electrons. The normalized spacial score (nSPS) is 14.8. The van der Waals surface area contributed by atoms with E-state index >= 15 is 0 Å². The standard InChI is InChI=1S/C21H29N5O2/c1-4-25-10-12-26(13-11-25)21(27)19-15-20(24-16(2)23-19)22-9-8-17-6-5-7-18(14-17)28-3/h5-7,14-15H,4,8-13H2,1-3H3,(H,22,23,24). The largest absolute Gasteiger partial charge is 0.497 e. The molecule has 0 spiro atoms. The topological polar surface area (TPSA) is 70.6 Å². The fourth-order valence-corrected chi connectivity index (χ4v) is 3.36. The van der Waals surface area contributed by atoms with Crippen LogP contribution in [0.15, 0.2) is 30.3 Å². The number of likely N-dealkylation sites (N-methyl/N-ethyl adjacent to an activating group) is 1. The summed E-state index contributed by atoms with van der Waals surface area (Å²) in [5, 5.41) is 3.31. The molecule has 7 heteroatoms. The number of hydrogen-bond acceptors (Lipinski definition) is 6. The molecule has 0 bridgehead atoms. The molecule has 28 heavy (non-hydrogen) atoms. The predicted molar refractivity (Wildman–Crippen MR) is 110 cm³/mol. The molecule has 2 heterocycles. The molecule has 2 aromatic rings. The summed E-state index contributed by atoms with van der Waals surface area (Å²) in [7, 11) is 1.67. The van der Waals surface area contributed by atoms with Gasteiger partial charge in [-0.15, -0.1) is 0 Å². The average molecular weight is 383 g/mol. The molecule has 1 aliphatic heterocycles. The predicted octanol–water partition coefficient (Wildman–Crippen LogP) is 2.23. The van der Waals surface area contributed by atoms with Crippen LogP contribution in [-0.2, 0) is 6.42 Å². The molecule has 1 N–H and O–H groups in total. The Morgan fingerprint density at radius 3 is 2.68 bits per heavy atom. The van der Waals surface area contributed by atoms with Crippen molar-refractivity contribution in [2.75, 3.05) is 51.7 Å². The number of ether oxygens (including phenoxy) is 1. The summed E-state index contributed by atoms with van der Waals surface area (Å²) in [5.74, 6) is 2.12. The van der Waals surface area contributed by atoms with E-state index in [1.165, 1.54) is 5.56 Å². The van der Waals surface area contributed by atoms with Gasteiger partial charge < -0.3 is 19.9 Å². The molecule has 1 fully saturated rings. The van der Waals surface area contributed by atoms with Crippen LogP contribution in [0.2, 0.25) is 0 Å². The maximum absolute atomic E-state index is 12.8. The molecule has 3 rings (SSSR count). The number of anilines is 1. The minimum Gasteiger partial charge on any atom is -0.497 e. The van der Waals surface area contributed by atoms with Crippen LogP contribution in [0.4, 0.5) is 5.82 Å². The Hall–Kier alpha value is -2.67. The van der Waals surface area contributed by atoms with Crippen molar-refractivity contribution in [3.05, 3.63) is 47.4 Å². The lowest BCUT2D eigenvalue weighted by atomic mass is 10.1. The lowest BCUT2D eigenvalue weighted by Crippen LogP contribution is -2.48. The van der Waals surface area contributed by atoms with E-state index in [0.29, 0.717) is 23.9 Å². The average Bonchev–Trinajstić information content (AvgIpc) is 2.73. The lowest BCUT2D eigenvalue weighted by Gasteiger charge is -2.33. The third kappa shape index (κ3) is 5.19. The van der Waals surface area contributed by atoms with Crippen LogP contribution in [0.1, 0.15) is 28.8 Å². The van der Waals surface area contributed by atoms with Gasteiger partial charge in [-0.25, -0.2) is 9.97 Å². The van der Waals surface area contributed by atoms with Crippen LogP contribution in [0, 0.1) is 6.92 Å². The van der Waals surface area contributed by atoms with Crippen molar-refractivity contribution >= 4 is 11.7 Å². The van der Waals surface area contributed by atoms with Gasteiger partial charge in [0.2, 0.25) is 0 Å². The zero-order valence-corrected chi connectivity index (χ0v) is 16.9. The molecule has 0 aliphatic carbocycles. The zero-order chi connectivity index (χ0) is 19.9. The van der Waals surface area contributed by atoms with E-state index in [9.17, 15) is 4.79 Å². The quantitative estimate of drug-likeness (QED) is 0.791. The van der Waals surface area contributed by atoms with Crippen molar-refractivity contribution < 1.29 is 9.53 Å². The second kappa shape index (κ2) is 9.50. The number of amides is 1. The van der Waals surface area contributed by atoms with Gasteiger partial charge >= 0.3 is 0 Å². The summed E-state index contributed by atoms with van der Waals surface area (Å²) in [6.45, 7) is 9.02. The van der Waals surface area contributed by atoms with Gasteiger partial charge in [0, 0.05) is 38.8 Å². The number of aryl methyl sites for hydroxylation is 1. The van der Waals surface area contributed by atoms with Crippen LogP contribution >= 0.6 is 0 Å². The van der Waals surface area contributed by atoms with Gasteiger partial charge in [-0.05, 0) is 37.6 Å². The summed E-state index contributed by atoms with van der Waals surface area (Å²) < 4.78 is 5.26. The summed E-state index contributed by atoms with van der Waals surface area (Å²) in [4.78, 5) is 25.9. The minimum absolute atomic E-state index is 0.0166. The van der Waals surface area contributed by atoms with Gasteiger partial charge in [0.25, 0.3) is 5.91 Å². The number of aromatic nitrogens is 2. The first-order valence-corrected chi connectivity index (χ1v) is 9.83. The molecule has 7 nitrogen and oxygen atoms in total.